The van der Waals surface area contributed by atoms with E-state index in [1.165, 1.54) is 0 Å². The average molecular weight is 267 g/mol. The van der Waals surface area contributed by atoms with Crippen LogP contribution in [0.15, 0.2) is 54.6 Å². The van der Waals surface area contributed by atoms with Gasteiger partial charge in [-0.25, -0.2) is 0 Å². The van der Waals surface area contributed by atoms with Crippen molar-refractivity contribution in [2.45, 2.75) is 6.10 Å². The average Bonchev–Trinajstić information content (AvgIpc) is 2.56. The van der Waals surface area contributed by atoms with Crippen molar-refractivity contribution in [2.24, 2.45) is 0 Å². The summed E-state index contributed by atoms with van der Waals surface area (Å²) < 4.78 is 5.57. The molecule has 1 heterocycles. The molecule has 0 radical (unpaired) electrons. The monoisotopic (exact) mass is 267 g/mol. The van der Waals surface area contributed by atoms with Gasteiger partial charge in [0.15, 0.2) is 5.78 Å². The second kappa shape index (κ2) is 5.99. The van der Waals surface area contributed by atoms with Crippen LogP contribution in [-0.2, 0) is 4.74 Å². The number of morpholine rings is 1. The maximum Gasteiger partial charge on any atom is 0.193 e. The Labute approximate surface area is 118 Å². The summed E-state index contributed by atoms with van der Waals surface area (Å²) in [6.07, 6.45) is -0.381. The van der Waals surface area contributed by atoms with E-state index in [0.29, 0.717) is 13.2 Å². The molecule has 0 amide bonds. The van der Waals surface area contributed by atoms with Crippen LogP contribution in [0, 0.1) is 0 Å². The van der Waals surface area contributed by atoms with Crippen molar-refractivity contribution in [3.8, 4) is 11.1 Å². The van der Waals surface area contributed by atoms with Crippen LogP contribution in [0.5, 0.6) is 0 Å². The number of Topliss-reactive ketones (excluding diaryl/α,β-unsaturated/α-hetero) is 1. The van der Waals surface area contributed by atoms with Gasteiger partial charge in [0.25, 0.3) is 0 Å². The van der Waals surface area contributed by atoms with Gasteiger partial charge in [-0.2, -0.15) is 0 Å². The highest BCUT2D eigenvalue weighted by molar-refractivity contribution is 6.05. The number of nitrogens with one attached hydrogen (secondary N) is 1. The topological polar surface area (TPSA) is 38.3 Å². The number of rotatable bonds is 3. The molecular weight excluding hydrogens is 250 g/mol. The molecule has 20 heavy (non-hydrogen) atoms. The van der Waals surface area contributed by atoms with E-state index in [4.69, 9.17) is 4.74 Å². The van der Waals surface area contributed by atoms with Gasteiger partial charge >= 0.3 is 0 Å². The van der Waals surface area contributed by atoms with E-state index in [9.17, 15) is 4.79 Å². The first kappa shape index (κ1) is 13.0. The number of carbonyl (C=O) groups excluding carboxylic acids is 1. The Bertz CT molecular complexity index is 589. The van der Waals surface area contributed by atoms with Crippen LogP contribution in [0.4, 0.5) is 0 Å². The highest BCUT2D eigenvalue weighted by Crippen LogP contribution is 2.25. The number of benzene rings is 2. The minimum atomic E-state index is -0.381. The normalized spacial score (nSPS) is 18.7. The van der Waals surface area contributed by atoms with E-state index >= 15 is 0 Å². The lowest BCUT2D eigenvalue weighted by molar-refractivity contribution is 0.0270. The zero-order chi connectivity index (χ0) is 13.8. The molecule has 1 aliphatic rings. The van der Waals surface area contributed by atoms with Crippen molar-refractivity contribution in [1.29, 1.82) is 0 Å². The van der Waals surface area contributed by atoms with Crippen LogP contribution in [-0.4, -0.2) is 31.6 Å². The maximum atomic E-state index is 12.6. The van der Waals surface area contributed by atoms with Crippen molar-refractivity contribution < 1.29 is 9.53 Å². The quantitative estimate of drug-likeness (QED) is 0.868. The number of ketones is 1. The fraction of sp³-hybridized carbons (Fsp3) is 0.235. The fourth-order valence-electron chi connectivity index (χ4n) is 2.47. The van der Waals surface area contributed by atoms with E-state index in [1.807, 2.05) is 54.6 Å². The van der Waals surface area contributed by atoms with E-state index < -0.39 is 0 Å². The fourth-order valence-corrected chi connectivity index (χ4v) is 2.47. The molecule has 0 bridgehead atoms. The molecule has 3 rings (SSSR count). The molecule has 1 N–H and O–H groups in total. The molecule has 3 nitrogen and oxygen atoms in total. The lowest BCUT2D eigenvalue weighted by Gasteiger charge is -2.23. The molecule has 1 aliphatic heterocycles. The number of hydrogen-bond acceptors (Lipinski definition) is 3. The van der Waals surface area contributed by atoms with Crippen LogP contribution >= 0.6 is 0 Å². The number of carbonyl (C=O) groups is 1. The van der Waals surface area contributed by atoms with Crippen LogP contribution in [0.3, 0.4) is 0 Å². The van der Waals surface area contributed by atoms with Gasteiger partial charge in [-0.1, -0.05) is 54.6 Å². The van der Waals surface area contributed by atoms with Gasteiger partial charge in [-0.05, 0) is 11.1 Å². The van der Waals surface area contributed by atoms with Crippen molar-refractivity contribution in [3.63, 3.8) is 0 Å². The second-order valence-corrected chi connectivity index (χ2v) is 4.84. The van der Waals surface area contributed by atoms with Crippen LogP contribution in [0.2, 0.25) is 0 Å². The molecule has 1 fully saturated rings. The molecular formula is C17H17NO2. The molecule has 0 saturated carbocycles. The zero-order valence-electron chi connectivity index (χ0n) is 11.2. The standard InChI is InChI=1S/C17H17NO2/c19-17(16-12-18-10-11-20-16)15-9-5-4-8-14(15)13-6-2-1-3-7-13/h1-9,16,18H,10-12H2. The minimum absolute atomic E-state index is 0.0525. The third-order valence-electron chi connectivity index (χ3n) is 3.50. The molecule has 102 valence electrons. The largest absolute Gasteiger partial charge is 0.367 e. The third-order valence-corrected chi connectivity index (χ3v) is 3.50. The van der Waals surface area contributed by atoms with Gasteiger partial charge in [-0.3, -0.25) is 4.79 Å². The maximum absolute atomic E-state index is 12.6. The second-order valence-electron chi connectivity index (χ2n) is 4.84. The first-order chi connectivity index (χ1) is 9.86. The summed E-state index contributed by atoms with van der Waals surface area (Å²) in [4.78, 5) is 12.6. The summed E-state index contributed by atoms with van der Waals surface area (Å²) in [7, 11) is 0. The summed E-state index contributed by atoms with van der Waals surface area (Å²) in [5.41, 5.74) is 2.75. The van der Waals surface area contributed by atoms with E-state index in [0.717, 1.165) is 23.2 Å². The van der Waals surface area contributed by atoms with Crippen molar-refractivity contribution in [1.82, 2.24) is 5.32 Å². The first-order valence-electron chi connectivity index (χ1n) is 6.87. The Balaban J connectivity index is 1.95. The van der Waals surface area contributed by atoms with Crippen LogP contribution in [0.25, 0.3) is 11.1 Å². The Morgan fingerprint density at radius 1 is 1.05 bits per heavy atom. The molecule has 0 spiro atoms. The molecule has 2 aromatic rings. The number of ether oxygens (including phenoxy) is 1. The van der Waals surface area contributed by atoms with Gasteiger partial charge in [0.1, 0.15) is 6.10 Å². The van der Waals surface area contributed by atoms with Gasteiger partial charge < -0.3 is 10.1 Å². The Morgan fingerprint density at radius 3 is 2.55 bits per heavy atom. The summed E-state index contributed by atoms with van der Waals surface area (Å²) in [6, 6.07) is 17.7. The van der Waals surface area contributed by atoms with Gasteiger partial charge in [-0.15, -0.1) is 0 Å². The summed E-state index contributed by atoms with van der Waals surface area (Å²) in [5, 5.41) is 3.20. The Hall–Kier alpha value is -1.97. The highest BCUT2D eigenvalue weighted by Gasteiger charge is 2.24. The Morgan fingerprint density at radius 2 is 1.80 bits per heavy atom. The van der Waals surface area contributed by atoms with Crippen molar-refractivity contribution in [3.05, 3.63) is 60.2 Å². The molecule has 1 unspecified atom stereocenters. The van der Waals surface area contributed by atoms with Gasteiger partial charge in [0.2, 0.25) is 0 Å². The zero-order valence-corrected chi connectivity index (χ0v) is 11.2. The molecule has 3 heteroatoms. The molecule has 0 aromatic heterocycles. The Kier molecular flexibility index (Phi) is 3.90. The van der Waals surface area contributed by atoms with Crippen LogP contribution < -0.4 is 5.32 Å². The molecule has 2 aromatic carbocycles. The lowest BCUT2D eigenvalue weighted by Crippen LogP contribution is -2.43. The molecule has 1 saturated heterocycles. The summed E-state index contributed by atoms with van der Waals surface area (Å²) >= 11 is 0. The smallest absolute Gasteiger partial charge is 0.193 e. The molecule has 1 atom stereocenters. The van der Waals surface area contributed by atoms with Crippen molar-refractivity contribution in [2.75, 3.05) is 19.7 Å². The summed E-state index contributed by atoms with van der Waals surface area (Å²) in [6.45, 7) is 1.98. The minimum Gasteiger partial charge on any atom is -0.367 e. The van der Waals surface area contributed by atoms with E-state index in [1.54, 1.807) is 0 Å². The third kappa shape index (κ3) is 2.64. The first-order valence-corrected chi connectivity index (χ1v) is 6.87. The van der Waals surface area contributed by atoms with Gasteiger partial charge in [0, 0.05) is 18.7 Å². The summed E-state index contributed by atoms with van der Waals surface area (Å²) in [5.74, 6) is 0.0525. The van der Waals surface area contributed by atoms with Crippen molar-refractivity contribution >= 4 is 5.78 Å². The highest BCUT2D eigenvalue weighted by atomic mass is 16.5. The predicted octanol–water partition coefficient (Wildman–Crippen LogP) is 2.52. The lowest BCUT2D eigenvalue weighted by atomic mass is 9.94. The van der Waals surface area contributed by atoms with E-state index in [-0.39, 0.29) is 11.9 Å². The molecule has 0 aliphatic carbocycles. The SMILES string of the molecule is O=C(c1ccccc1-c1ccccc1)C1CNCCO1. The van der Waals surface area contributed by atoms with Crippen LogP contribution in [0.1, 0.15) is 10.4 Å². The van der Waals surface area contributed by atoms with Gasteiger partial charge in [0.05, 0.1) is 6.61 Å². The van der Waals surface area contributed by atoms with E-state index in [2.05, 4.69) is 5.32 Å². The number of hydrogen-bond donors (Lipinski definition) is 1. The predicted molar refractivity (Wildman–Crippen MR) is 78.8 cm³/mol.